The molecule has 49 heavy (non-hydrogen) atoms. The molecule has 0 spiro atoms. The number of methoxy groups -OCH3 is 2. The van der Waals surface area contributed by atoms with Gasteiger partial charge in [-0.15, -0.1) is 0 Å². The summed E-state index contributed by atoms with van der Waals surface area (Å²) in [7, 11) is 2.82. The Balaban J connectivity index is 1.88. The van der Waals surface area contributed by atoms with Crippen LogP contribution in [0.25, 0.3) is 0 Å². The zero-order valence-electron chi connectivity index (χ0n) is 27.4. The average Bonchev–Trinajstić information content (AvgIpc) is 3.59. The Morgan fingerprint density at radius 2 is 1.67 bits per heavy atom. The highest BCUT2D eigenvalue weighted by atomic mass is 16.6. The molecule has 1 heterocycles. The third-order valence-corrected chi connectivity index (χ3v) is 7.46. The number of aliphatic hydroxyl groups excluding tert-OH is 1. The number of benzene rings is 2. The van der Waals surface area contributed by atoms with Crippen LogP contribution in [-0.2, 0) is 23.8 Å². The molecule has 0 aromatic heterocycles. The van der Waals surface area contributed by atoms with E-state index >= 15 is 0 Å². The van der Waals surface area contributed by atoms with Gasteiger partial charge in [0, 0.05) is 18.5 Å². The normalized spacial score (nSPS) is 14.8. The van der Waals surface area contributed by atoms with Crippen molar-refractivity contribution in [1.82, 2.24) is 10.2 Å². The molecule has 0 bridgehead atoms. The van der Waals surface area contributed by atoms with Crippen molar-refractivity contribution in [2.45, 2.75) is 43.9 Å². The zero-order chi connectivity index (χ0) is 35.9. The first kappa shape index (κ1) is 37.9. The van der Waals surface area contributed by atoms with Crippen molar-refractivity contribution in [3.8, 4) is 17.2 Å². The maximum absolute atomic E-state index is 13.8. The van der Waals surface area contributed by atoms with E-state index in [9.17, 15) is 29.1 Å². The lowest BCUT2D eigenvalue weighted by Crippen LogP contribution is -2.43. The summed E-state index contributed by atoms with van der Waals surface area (Å²) in [6, 6.07) is 7.11. The lowest BCUT2D eigenvalue weighted by Gasteiger charge is -2.27. The second kappa shape index (κ2) is 18.7. The van der Waals surface area contributed by atoms with Crippen LogP contribution in [0.4, 0.5) is 9.59 Å². The Kier molecular flexibility index (Phi) is 14.4. The average molecular weight is 684 g/mol. The molecule has 1 aliphatic rings. The summed E-state index contributed by atoms with van der Waals surface area (Å²) in [6.45, 7) is 7.02. The fraction of sp³-hybridized carbons (Fsp3) is 0.382. The smallest absolute Gasteiger partial charge is 0.413 e. The lowest BCUT2D eigenvalue weighted by molar-refractivity contribution is -0.146. The van der Waals surface area contributed by atoms with Crippen LogP contribution < -0.4 is 25.3 Å². The Bertz CT molecular complexity index is 1510. The largest absolute Gasteiger partial charge is 0.493 e. The molecule has 1 saturated heterocycles. The van der Waals surface area contributed by atoms with Gasteiger partial charge in [0.25, 0.3) is 5.91 Å². The van der Waals surface area contributed by atoms with Gasteiger partial charge in [0.2, 0.25) is 0 Å². The quantitative estimate of drug-likeness (QED) is 0.125. The Hall–Kier alpha value is -5.57. The summed E-state index contributed by atoms with van der Waals surface area (Å²) >= 11 is 0. The number of hydrogen-bond acceptors (Lipinski definition) is 12. The van der Waals surface area contributed by atoms with Gasteiger partial charge in [-0.3, -0.25) is 9.59 Å². The van der Waals surface area contributed by atoms with Gasteiger partial charge < -0.3 is 49.5 Å². The van der Waals surface area contributed by atoms with Crippen LogP contribution in [0.15, 0.2) is 61.7 Å². The Morgan fingerprint density at radius 1 is 1.02 bits per heavy atom. The monoisotopic (exact) mass is 683 g/mol. The summed E-state index contributed by atoms with van der Waals surface area (Å²) in [5.41, 5.74) is 6.15. The maximum atomic E-state index is 13.8. The van der Waals surface area contributed by atoms with Crippen LogP contribution in [0.3, 0.4) is 0 Å². The summed E-state index contributed by atoms with van der Waals surface area (Å²) in [5.74, 6) is -1.30. The van der Waals surface area contributed by atoms with E-state index in [0.29, 0.717) is 24.9 Å². The molecule has 0 radical (unpaired) electrons. The molecule has 2 aromatic rings. The van der Waals surface area contributed by atoms with Crippen molar-refractivity contribution < 1.29 is 57.5 Å². The molecule has 0 saturated carbocycles. The lowest BCUT2D eigenvalue weighted by atomic mass is 9.94. The summed E-state index contributed by atoms with van der Waals surface area (Å²) in [4.78, 5) is 64.7. The number of nitrogens with zero attached hydrogens (tertiary/aromatic N) is 1. The van der Waals surface area contributed by atoms with Crippen LogP contribution in [0.2, 0.25) is 0 Å². The molecular weight excluding hydrogens is 642 g/mol. The molecule has 15 nitrogen and oxygen atoms in total. The molecule has 1 fully saturated rings. The summed E-state index contributed by atoms with van der Waals surface area (Å²) in [5, 5.41) is 12.2. The van der Waals surface area contributed by atoms with Crippen molar-refractivity contribution in [3.05, 3.63) is 78.4 Å². The number of rotatable bonds is 17. The van der Waals surface area contributed by atoms with Crippen molar-refractivity contribution >= 4 is 30.0 Å². The van der Waals surface area contributed by atoms with Crippen LogP contribution in [-0.4, -0.2) is 92.7 Å². The molecule has 3 atom stereocenters. The van der Waals surface area contributed by atoms with Crippen molar-refractivity contribution in [3.63, 3.8) is 0 Å². The van der Waals surface area contributed by atoms with Crippen molar-refractivity contribution in [2.75, 3.05) is 40.6 Å². The number of carbonyl (C=O) groups is 5. The first-order valence-corrected chi connectivity index (χ1v) is 15.3. The number of ether oxygens (including phenoxy) is 6. The van der Waals surface area contributed by atoms with Gasteiger partial charge in [-0.2, -0.15) is 0 Å². The van der Waals surface area contributed by atoms with Crippen molar-refractivity contribution in [1.29, 1.82) is 0 Å². The predicted octanol–water partition coefficient (Wildman–Crippen LogP) is 3.18. The van der Waals surface area contributed by atoms with Crippen LogP contribution in [0, 0.1) is 0 Å². The van der Waals surface area contributed by atoms with Gasteiger partial charge in [0.05, 0.1) is 32.4 Å². The molecule has 3 unspecified atom stereocenters. The first-order valence-electron chi connectivity index (χ1n) is 15.3. The van der Waals surface area contributed by atoms with E-state index in [2.05, 4.69) is 18.5 Å². The molecule has 264 valence electrons. The van der Waals surface area contributed by atoms with Gasteiger partial charge in [0.1, 0.15) is 25.0 Å². The molecule has 15 heteroatoms. The maximum Gasteiger partial charge on any atom is 0.413 e. The number of nitrogens with one attached hydrogen (secondary N) is 1. The van der Waals surface area contributed by atoms with Gasteiger partial charge in [-0.25, -0.2) is 14.4 Å². The zero-order valence-corrected chi connectivity index (χ0v) is 27.4. The van der Waals surface area contributed by atoms with E-state index in [1.165, 1.54) is 62.8 Å². The SMILES string of the molecule is C=CCOC(=O)CCC(NC(=O)Oc1ccc(C(OC(N)=O)c2cc(OC)c(OC)cc2C(=O)N2CCCC2CO)cc1)C(=O)OCC=C. The van der Waals surface area contributed by atoms with E-state index < -0.39 is 42.2 Å². The van der Waals surface area contributed by atoms with Gasteiger partial charge >= 0.3 is 24.1 Å². The molecule has 3 amide bonds. The highest BCUT2D eigenvalue weighted by molar-refractivity contribution is 5.97. The summed E-state index contributed by atoms with van der Waals surface area (Å²) < 4.78 is 31.7. The predicted molar refractivity (Wildman–Crippen MR) is 174 cm³/mol. The molecular formula is C34H41N3O12. The third-order valence-electron chi connectivity index (χ3n) is 7.46. The molecule has 4 N–H and O–H groups in total. The number of primary amides is 1. The standard InChI is InChI=1S/C34H41N3O12/c1-5-16-46-29(39)14-13-26(32(41)47-17-6-2)36-34(43)48-23-11-9-21(10-12-23)30(49-33(35)42)24-18-27(44-3)28(45-4)19-25(24)31(40)37-15-7-8-22(37)20-38/h5-6,9-12,18-19,22,26,30,38H,1-2,7-8,13-17,20H2,3-4H3,(H2,35,42)(H,36,43). The minimum Gasteiger partial charge on any atom is -0.493 e. The topological polar surface area (TPSA) is 202 Å². The molecule has 3 rings (SSSR count). The highest BCUT2D eigenvalue weighted by Crippen LogP contribution is 2.39. The second-order valence-corrected chi connectivity index (χ2v) is 10.7. The number of likely N-dealkylation sites (tertiary alicyclic amines) is 1. The second-order valence-electron chi connectivity index (χ2n) is 10.7. The van der Waals surface area contributed by atoms with E-state index in [-0.39, 0.29) is 67.1 Å². The van der Waals surface area contributed by atoms with E-state index in [4.69, 9.17) is 34.2 Å². The third kappa shape index (κ3) is 10.5. The van der Waals surface area contributed by atoms with Crippen LogP contribution in [0.5, 0.6) is 17.2 Å². The number of amides is 3. The number of hydrogen-bond donors (Lipinski definition) is 3. The van der Waals surface area contributed by atoms with Crippen LogP contribution in [0.1, 0.15) is 53.3 Å². The van der Waals surface area contributed by atoms with E-state index in [1.807, 2.05) is 0 Å². The first-order chi connectivity index (χ1) is 23.6. The van der Waals surface area contributed by atoms with Gasteiger partial charge in [-0.1, -0.05) is 37.4 Å². The minimum atomic E-state index is -1.24. The van der Waals surface area contributed by atoms with Gasteiger partial charge in [0.15, 0.2) is 17.6 Å². The highest BCUT2D eigenvalue weighted by Gasteiger charge is 2.34. The molecule has 0 aliphatic carbocycles. The Labute approximate surface area is 283 Å². The fourth-order valence-electron chi connectivity index (χ4n) is 5.14. The summed E-state index contributed by atoms with van der Waals surface area (Å²) in [6.07, 6.45) is 0.372. The van der Waals surface area contributed by atoms with E-state index in [0.717, 1.165) is 0 Å². The fourth-order valence-corrected chi connectivity index (χ4v) is 5.14. The molecule has 2 aromatic carbocycles. The van der Waals surface area contributed by atoms with Gasteiger partial charge in [-0.05, 0) is 49.1 Å². The number of esters is 2. The number of nitrogens with two attached hydrogens (primary N) is 1. The number of carbonyl (C=O) groups excluding carboxylic acids is 5. The minimum absolute atomic E-state index is 0.00648. The van der Waals surface area contributed by atoms with Crippen LogP contribution >= 0.6 is 0 Å². The van der Waals surface area contributed by atoms with Crippen molar-refractivity contribution in [2.24, 2.45) is 5.73 Å². The number of aliphatic hydroxyl groups is 1. The Morgan fingerprint density at radius 3 is 2.29 bits per heavy atom. The molecule has 1 aliphatic heterocycles. The van der Waals surface area contributed by atoms with E-state index in [1.54, 1.807) is 4.90 Å².